The fourth-order valence-electron chi connectivity index (χ4n) is 13.7. The minimum Gasteiger partial charge on any atom is -0.446 e. The van der Waals surface area contributed by atoms with Gasteiger partial charge in [0, 0.05) is 104 Å². The number of halogens is 7. The van der Waals surface area contributed by atoms with Crippen molar-refractivity contribution in [3.63, 3.8) is 0 Å². The number of piperidine rings is 2. The third-order valence-electron chi connectivity index (χ3n) is 19.6. The van der Waals surface area contributed by atoms with Gasteiger partial charge in [0.05, 0.1) is 39.3 Å². The highest BCUT2D eigenvalue weighted by molar-refractivity contribution is 7.18. The van der Waals surface area contributed by atoms with Crippen LogP contribution in [0.1, 0.15) is 112 Å². The van der Waals surface area contributed by atoms with Crippen LogP contribution in [-0.2, 0) is 53.6 Å². The van der Waals surface area contributed by atoms with E-state index in [4.69, 9.17) is 14.2 Å². The second-order valence-corrected chi connectivity index (χ2v) is 27.1. The minimum atomic E-state index is -5.15. The number of unbranched alkanes of at least 4 members (excludes halogenated alkanes) is 2. The quantitative estimate of drug-likeness (QED) is 0.0409. The first kappa shape index (κ1) is 71.9. The number of para-hydroxylation sites is 1. The topological polar surface area (TPSA) is 148 Å². The lowest BCUT2D eigenvalue weighted by atomic mass is 9.72. The van der Waals surface area contributed by atoms with Gasteiger partial charge in [-0.25, -0.2) is 9.18 Å². The van der Waals surface area contributed by atoms with Gasteiger partial charge in [-0.2, -0.15) is 26.3 Å². The SMILES string of the molecule is CN(CCN1CCC(OC(=O)Nc2ccccc2-c2ccccc2)CC1)C(=O)CCCCCN(C)c1ccc(C(=O)N(C)CCCN(C)C(=O)CO[C@H]2Cc3ccccc3C23CCN(CC[C@]2(c4ccc(F)cc4)CN(C(=O)c4cc(C(F)(F)F)cc(C(F)(F)F)c4)CO2)CC3)s1. The van der Waals surface area contributed by atoms with Crippen molar-refractivity contribution in [3.05, 3.63) is 178 Å². The van der Waals surface area contributed by atoms with Crippen LogP contribution in [0.25, 0.3) is 11.1 Å². The standard InChI is InChI=1S/C73H85F7N8O8S/c1-82(35-15-36-85(4)68(92)62-27-28-66(97-62)84(3)34-14-6-9-22-64(89)83(2)42-43-86-37-29-58(30-38-86)96-69(93)81-61-21-13-11-19-59(61)51-16-7-5-8-17-51)65(90)48-94-63-46-52-18-10-12-20-60(52)70(63)31-39-87(40-32-70)41-33-71(54-23-25-57(74)26-24-54)49-88(50-95-71)67(91)53-44-55(72(75,76)77)47-56(45-53)73(78,79)80/h5,7-8,10-13,16-21,23-28,44-45,47,58,63H,6,9,14-15,22,29-43,46,48-50H2,1-4H3,(H,81,93)/t63-,71+/m0/s1. The molecule has 0 bridgehead atoms. The Bertz CT molecular complexity index is 3640. The first-order valence-electron chi connectivity index (χ1n) is 33.2. The third-order valence-corrected chi connectivity index (χ3v) is 20.7. The summed E-state index contributed by atoms with van der Waals surface area (Å²) < 4.78 is 116. The number of nitrogens with zero attached hydrogens (tertiary/aromatic N) is 7. The van der Waals surface area contributed by atoms with E-state index in [1.165, 1.54) is 35.6 Å². The molecule has 520 valence electrons. The van der Waals surface area contributed by atoms with Crippen molar-refractivity contribution >= 4 is 51.7 Å². The van der Waals surface area contributed by atoms with Crippen LogP contribution in [0.2, 0.25) is 0 Å². The number of likely N-dealkylation sites (N-methyl/N-ethyl adjacent to an activating group) is 2. The molecule has 0 saturated carbocycles. The number of amides is 5. The number of likely N-dealkylation sites (tertiary alicyclic amines) is 2. The van der Waals surface area contributed by atoms with Crippen LogP contribution in [0.15, 0.2) is 133 Å². The third kappa shape index (κ3) is 18.1. The number of hydrogen-bond acceptors (Lipinski definition) is 12. The molecule has 1 aromatic heterocycles. The van der Waals surface area contributed by atoms with Crippen LogP contribution in [0.4, 0.5) is 46.2 Å². The Morgan fingerprint density at radius 1 is 0.670 bits per heavy atom. The lowest BCUT2D eigenvalue weighted by molar-refractivity contribution is -0.143. The molecular weight excluding hydrogens is 1280 g/mol. The predicted octanol–water partition coefficient (Wildman–Crippen LogP) is 13.1. The maximum atomic E-state index is 14.2. The summed E-state index contributed by atoms with van der Waals surface area (Å²) in [6.45, 7) is 5.38. The lowest BCUT2D eigenvalue weighted by Crippen LogP contribution is -2.50. The summed E-state index contributed by atoms with van der Waals surface area (Å²) >= 11 is 1.43. The highest BCUT2D eigenvalue weighted by Crippen LogP contribution is 2.49. The number of fused-ring (bicyclic) bond motifs is 2. The minimum absolute atomic E-state index is 0.0277. The summed E-state index contributed by atoms with van der Waals surface area (Å²) in [4.78, 5) is 80.4. The molecule has 24 heteroatoms. The Hall–Kier alpha value is -7.90. The van der Waals surface area contributed by atoms with Gasteiger partial charge in [0.2, 0.25) is 11.8 Å². The molecule has 4 heterocycles. The zero-order valence-electron chi connectivity index (χ0n) is 55.3. The van der Waals surface area contributed by atoms with E-state index in [1.54, 1.807) is 28.8 Å². The van der Waals surface area contributed by atoms with E-state index in [9.17, 15) is 54.7 Å². The molecule has 10 rings (SSSR count). The molecule has 1 aliphatic carbocycles. The lowest BCUT2D eigenvalue weighted by Gasteiger charge is -2.44. The van der Waals surface area contributed by atoms with Crippen molar-refractivity contribution in [2.45, 2.75) is 106 Å². The average Bonchev–Trinajstić information content (AvgIpc) is 1.60. The van der Waals surface area contributed by atoms with E-state index in [0.717, 1.165) is 90.4 Å². The van der Waals surface area contributed by atoms with Crippen LogP contribution >= 0.6 is 11.3 Å². The molecule has 16 nitrogen and oxygen atoms in total. The van der Waals surface area contributed by atoms with Gasteiger partial charge < -0.3 is 48.5 Å². The smallest absolute Gasteiger partial charge is 0.416 e. The number of hydrogen-bond donors (Lipinski definition) is 1. The van der Waals surface area contributed by atoms with Gasteiger partial charge in [-0.1, -0.05) is 91.3 Å². The van der Waals surface area contributed by atoms with Crippen molar-refractivity contribution in [2.24, 2.45) is 0 Å². The summed E-state index contributed by atoms with van der Waals surface area (Å²) in [7, 11) is 7.33. The number of benzene rings is 5. The largest absolute Gasteiger partial charge is 0.446 e. The average molecular weight is 1370 g/mol. The van der Waals surface area contributed by atoms with Crippen LogP contribution in [0.3, 0.4) is 0 Å². The fraction of sp³-hybridized carbons (Fsp3) is 0.466. The number of carbonyl (C=O) groups excluding carboxylic acids is 5. The Balaban J connectivity index is 0.613. The van der Waals surface area contributed by atoms with Crippen molar-refractivity contribution in [3.8, 4) is 11.1 Å². The Labute approximate surface area is 566 Å². The van der Waals surface area contributed by atoms with Crippen LogP contribution in [0, 0.1) is 5.82 Å². The van der Waals surface area contributed by atoms with Crippen molar-refractivity contribution < 1.29 is 68.9 Å². The van der Waals surface area contributed by atoms with Crippen molar-refractivity contribution in [1.29, 1.82) is 0 Å². The van der Waals surface area contributed by atoms with E-state index in [1.807, 2.05) is 93.0 Å². The molecule has 1 spiro atoms. The maximum Gasteiger partial charge on any atom is 0.416 e. The van der Waals surface area contributed by atoms with E-state index in [2.05, 4.69) is 32.1 Å². The number of ether oxygens (including phenoxy) is 3. The number of anilines is 2. The van der Waals surface area contributed by atoms with Gasteiger partial charge >= 0.3 is 18.4 Å². The number of thiophene rings is 1. The van der Waals surface area contributed by atoms with E-state index in [0.29, 0.717) is 99.6 Å². The second kappa shape index (κ2) is 31.7. The number of nitrogens with one attached hydrogen (secondary N) is 1. The van der Waals surface area contributed by atoms with E-state index >= 15 is 0 Å². The normalized spacial score (nSPS) is 18.2. The number of rotatable bonds is 26. The van der Waals surface area contributed by atoms with E-state index in [-0.39, 0.29) is 55.6 Å². The van der Waals surface area contributed by atoms with Gasteiger partial charge in [-0.15, -0.1) is 11.3 Å². The molecule has 6 aromatic rings. The highest BCUT2D eigenvalue weighted by atomic mass is 32.1. The van der Waals surface area contributed by atoms with Gasteiger partial charge in [0.25, 0.3) is 11.8 Å². The summed E-state index contributed by atoms with van der Waals surface area (Å²) in [5.74, 6) is -1.78. The Morgan fingerprint density at radius 3 is 2.03 bits per heavy atom. The molecule has 5 aromatic carbocycles. The van der Waals surface area contributed by atoms with Crippen LogP contribution < -0.4 is 10.2 Å². The monoisotopic (exact) mass is 1370 g/mol. The summed E-state index contributed by atoms with van der Waals surface area (Å²) in [6, 6.07) is 35.8. The van der Waals surface area contributed by atoms with Gasteiger partial charge in [0.15, 0.2) is 0 Å². The molecule has 0 radical (unpaired) electrons. The first-order chi connectivity index (χ1) is 46.4. The maximum absolute atomic E-state index is 14.2. The summed E-state index contributed by atoms with van der Waals surface area (Å²) in [5.41, 5.74) is -0.240. The predicted molar refractivity (Wildman–Crippen MR) is 358 cm³/mol. The Kier molecular flexibility index (Phi) is 23.5. The molecular formula is C73H85F7N8O8S. The van der Waals surface area contributed by atoms with Crippen molar-refractivity contribution in [1.82, 2.24) is 29.4 Å². The molecule has 3 saturated heterocycles. The van der Waals surface area contributed by atoms with Crippen molar-refractivity contribution in [2.75, 3.05) is 124 Å². The Morgan fingerprint density at radius 2 is 1.32 bits per heavy atom. The molecule has 4 aliphatic rings. The molecule has 0 unspecified atom stereocenters. The molecule has 2 atom stereocenters. The highest BCUT2D eigenvalue weighted by Gasteiger charge is 2.50. The fourth-order valence-corrected chi connectivity index (χ4v) is 14.7. The molecule has 1 N–H and O–H groups in total. The van der Waals surface area contributed by atoms with Gasteiger partial charge in [0.1, 0.15) is 30.9 Å². The summed E-state index contributed by atoms with van der Waals surface area (Å²) in [6.07, 6.45) is -4.01. The van der Waals surface area contributed by atoms with Gasteiger partial charge in [-0.3, -0.25) is 24.5 Å². The number of alkyl halides is 6. The van der Waals surface area contributed by atoms with Crippen LogP contribution in [0.5, 0.6) is 0 Å². The van der Waals surface area contributed by atoms with E-state index < -0.39 is 64.6 Å². The molecule has 97 heavy (non-hydrogen) atoms. The number of carbonyl (C=O) groups is 5. The summed E-state index contributed by atoms with van der Waals surface area (Å²) in [5, 5.41) is 3.90. The molecule has 5 amide bonds. The zero-order valence-corrected chi connectivity index (χ0v) is 56.1. The first-order valence-corrected chi connectivity index (χ1v) is 34.0. The zero-order chi connectivity index (χ0) is 69.1. The second-order valence-electron chi connectivity index (χ2n) is 26.0. The molecule has 3 aliphatic heterocycles. The van der Waals surface area contributed by atoms with Gasteiger partial charge in [-0.05, 0) is 142 Å². The van der Waals surface area contributed by atoms with Crippen LogP contribution in [-0.4, -0.2) is 185 Å². The molecule has 3 fully saturated rings.